The van der Waals surface area contributed by atoms with E-state index in [9.17, 15) is 0 Å². The molecule has 0 radical (unpaired) electrons. The van der Waals surface area contributed by atoms with Gasteiger partial charge in [-0.05, 0) is 7.53 Å². The van der Waals surface area contributed by atoms with Gasteiger partial charge in [-0.15, -0.1) is 48.4 Å². The molecule has 0 fully saturated rings. The Morgan fingerprint density at radius 3 is 2.42 bits per heavy atom. The first-order valence-corrected chi connectivity index (χ1v) is 8.66. The molecule has 1 aliphatic rings. The van der Waals surface area contributed by atoms with Crippen molar-refractivity contribution in [3.05, 3.63) is 77.6 Å². The second-order valence-corrected chi connectivity index (χ2v) is 7.14. The van der Waals surface area contributed by atoms with Gasteiger partial charge in [0.25, 0.3) is 0 Å². The van der Waals surface area contributed by atoms with Gasteiger partial charge in [0, 0.05) is 5.80 Å². The molecule has 1 aliphatic carbocycles. The van der Waals surface area contributed by atoms with Gasteiger partial charge in [0.2, 0.25) is 0 Å². The van der Waals surface area contributed by atoms with Crippen molar-refractivity contribution in [3.63, 3.8) is 0 Å². The van der Waals surface area contributed by atoms with Crippen LogP contribution in [0.5, 0.6) is 0 Å². The Morgan fingerprint density at radius 2 is 1.92 bits per heavy atom. The Labute approximate surface area is 176 Å². The van der Waals surface area contributed by atoms with Gasteiger partial charge in [-0.25, -0.2) is 16.1 Å². The maximum atomic E-state index is 3.19. The van der Waals surface area contributed by atoms with E-state index in [2.05, 4.69) is 79.1 Å². The molecule has 1 N–H and O–H groups in total. The molecule has 1 nitrogen and oxygen atoms in total. The van der Waals surface area contributed by atoms with Crippen molar-refractivity contribution in [2.24, 2.45) is 0 Å². The number of hydrogen-bond donors (Lipinski definition) is 0. The number of hydrogen-bond acceptors (Lipinski definition) is 0. The summed E-state index contributed by atoms with van der Waals surface area (Å²) in [4.78, 5) is 3.14. The number of aromatic nitrogens is 1. The van der Waals surface area contributed by atoms with Gasteiger partial charge in [0.05, 0.1) is 0 Å². The largest absolute Gasteiger partial charge is 4.00 e. The first kappa shape index (κ1) is 23.5. The summed E-state index contributed by atoms with van der Waals surface area (Å²) in [5.41, 5.74) is 2.71. The molecule has 0 bridgehead atoms. The summed E-state index contributed by atoms with van der Waals surface area (Å²) in [6.07, 6.45) is 8.43. The molecule has 2 aromatic carbocycles. The normalized spacial score (nSPS) is 12.7. The van der Waals surface area contributed by atoms with Crippen LogP contribution in [-0.4, -0.2) is 0 Å². The Morgan fingerprint density at radius 1 is 1.17 bits per heavy atom. The summed E-state index contributed by atoms with van der Waals surface area (Å²) in [6, 6.07) is 13.1. The van der Waals surface area contributed by atoms with E-state index in [-0.39, 0.29) is 58.2 Å². The molecule has 0 saturated carbocycles. The molecule has 5 heteroatoms. The SMILES string of the molecule is CC1=[C-]CC=C1C.[Cl-].[Cl-].[Hf+4].c1ccc2[cH-]c(-p3cc[nH+]c3)cc2c1. The number of rotatable bonds is 1. The van der Waals surface area contributed by atoms with Crippen molar-refractivity contribution in [1.82, 2.24) is 0 Å². The van der Waals surface area contributed by atoms with Crippen LogP contribution in [0.15, 0.2) is 71.5 Å². The molecule has 1 atom stereocenters. The first-order chi connectivity index (χ1) is 10.2. The van der Waals surface area contributed by atoms with Gasteiger partial charge in [0.1, 0.15) is 0 Å². The summed E-state index contributed by atoms with van der Waals surface area (Å²) in [5.74, 6) is 4.41. The van der Waals surface area contributed by atoms with Crippen molar-refractivity contribution in [2.75, 3.05) is 0 Å². The van der Waals surface area contributed by atoms with E-state index in [0.29, 0.717) is 0 Å². The van der Waals surface area contributed by atoms with E-state index in [0.717, 1.165) is 6.42 Å². The molecule has 1 unspecified atom stereocenters. The molecule has 0 saturated heterocycles. The molecule has 4 rings (SSSR count). The number of allylic oxidation sites excluding steroid dienone is 4. The number of halogens is 2. The van der Waals surface area contributed by atoms with Crippen LogP contribution >= 0.6 is 7.53 Å². The van der Waals surface area contributed by atoms with Crippen LogP contribution < -0.4 is 29.8 Å². The van der Waals surface area contributed by atoms with Crippen molar-refractivity contribution in [1.29, 1.82) is 0 Å². The molecule has 0 spiro atoms. The molecule has 0 amide bonds. The maximum absolute atomic E-state index is 3.19. The van der Waals surface area contributed by atoms with Crippen LogP contribution in [0.2, 0.25) is 0 Å². The Balaban J connectivity index is 0.000000463. The predicted octanol–water partition coefficient (Wildman–Crippen LogP) is -0.560. The second-order valence-electron chi connectivity index (χ2n) is 5.25. The zero-order chi connectivity index (χ0) is 14.7. The van der Waals surface area contributed by atoms with Gasteiger partial charge in [-0.3, -0.25) is 6.08 Å². The van der Waals surface area contributed by atoms with Crippen molar-refractivity contribution in [2.45, 2.75) is 20.3 Å². The zero-order valence-electron chi connectivity index (χ0n) is 13.7. The zero-order valence-corrected chi connectivity index (χ0v) is 19.7. The summed E-state index contributed by atoms with van der Waals surface area (Å²) < 4.78 is 0. The van der Waals surface area contributed by atoms with E-state index in [1.54, 1.807) is 0 Å². The first-order valence-electron chi connectivity index (χ1n) is 7.18. The average molecular weight is 542 g/mol. The quantitative estimate of drug-likeness (QED) is 0.290. The van der Waals surface area contributed by atoms with E-state index in [1.165, 1.54) is 27.2 Å². The van der Waals surface area contributed by atoms with E-state index in [4.69, 9.17) is 0 Å². The van der Waals surface area contributed by atoms with Crippen LogP contribution in [0, 0.1) is 6.08 Å². The number of fused-ring (bicyclic) bond motifs is 1. The molecule has 3 aromatic rings. The predicted molar refractivity (Wildman–Crippen MR) is 90.9 cm³/mol. The van der Waals surface area contributed by atoms with Gasteiger partial charge >= 0.3 is 25.8 Å². The molecule has 122 valence electrons. The van der Waals surface area contributed by atoms with Crippen LogP contribution in [0.4, 0.5) is 0 Å². The Hall–Kier alpha value is -0.530. The third-order valence-corrected chi connectivity index (χ3v) is 5.56. The molecule has 1 aromatic heterocycles. The van der Waals surface area contributed by atoms with Gasteiger partial charge < -0.3 is 24.8 Å². The summed E-state index contributed by atoms with van der Waals surface area (Å²) >= 11 is 0. The van der Waals surface area contributed by atoms with Crippen LogP contribution in [0.25, 0.3) is 16.1 Å². The Bertz CT molecular complexity index is 755. The summed E-state index contributed by atoms with van der Waals surface area (Å²) in [6.45, 7) is 4.22. The number of aromatic amines is 1. The third kappa shape index (κ3) is 5.77. The van der Waals surface area contributed by atoms with Crippen LogP contribution in [0.1, 0.15) is 20.3 Å². The number of H-pyrrole nitrogens is 1. The van der Waals surface area contributed by atoms with Gasteiger partial charge in [0.15, 0.2) is 12.1 Å². The molecule has 0 aliphatic heterocycles. The topological polar surface area (TPSA) is 14.1 Å². The fourth-order valence-corrected chi connectivity index (χ4v) is 3.86. The van der Waals surface area contributed by atoms with Gasteiger partial charge in [-0.1, -0.05) is 18.3 Å². The minimum absolute atomic E-state index is 0. The molecule has 24 heavy (non-hydrogen) atoms. The molecular weight excluding hydrogens is 523 g/mol. The summed E-state index contributed by atoms with van der Waals surface area (Å²) in [5, 5.41) is 4.12. The number of nitrogens with one attached hydrogen (secondary N) is 1. The monoisotopic (exact) mass is 542 g/mol. The fourth-order valence-electron chi connectivity index (χ4n) is 2.38. The second kappa shape index (κ2) is 11.2. The third-order valence-electron chi connectivity index (χ3n) is 3.81. The van der Waals surface area contributed by atoms with E-state index in [1.807, 2.05) is 6.20 Å². The van der Waals surface area contributed by atoms with Crippen molar-refractivity contribution in [3.8, 4) is 5.30 Å². The van der Waals surface area contributed by atoms with Crippen LogP contribution in [-0.2, 0) is 25.8 Å². The van der Waals surface area contributed by atoms with Gasteiger partial charge in [-0.2, -0.15) is 12.1 Å². The molecule has 1 heterocycles. The van der Waals surface area contributed by atoms with E-state index >= 15 is 0 Å². The minimum atomic E-state index is -0.204. The van der Waals surface area contributed by atoms with Crippen molar-refractivity contribution >= 4 is 18.3 Å². The van der Waals surface area contributed by atoms with E-state index < -0.39 is 0 Å². The van der Waals surface area contributed by atoms with Crippen LogP contribution in [0.3, 0.4) is 0 Å². The average Bonchev–Trinajstić information content (AvgIpc) is 3.21. The minimum Gasteiger partial charge on any atom is -1.00 e. The number of benzene rings is 1. The smallest absolute Gasteiger partial charge is 1.00 e. The fraction of sp³-hybridized carbons (Fsp3) is 0.158. The standard InChI is InChI=1S/C12H9NP.C7H9.2ClH.Hf/c1-2-4-11-8-12(7-10(11)3-1)14-6-5-13-9-14;1-6-4-3-5-7(6)2;;;/h1-9H;4H,3H2,1-2H3;2*1H;/q2*-1;;;+4/p-1. The Kier molecular flexibility index (Phi) is 10.9. The van der Waals surface area contributed by atoms with Crippen molar-refractivity contribution < 1.29 is 55.6 Å². The maximum Gasteiger partial charge on any atom is 4.00 e. The molecular formula is C19H19Cl2HfNP+. The summed E-state index contributed by atoms with van der Waals surface area (Å²) in [7, 11) is -0.204.